The van der Waals surface area contributed by atoms with Crippen LogP contribution in [-0.4, -0.2) is 28.8 Å². The van der Waals surface area contributed by atoms with Gasteiger partial charge in [0.15, 0.2) is 0 Å². The highest BCUT2D eigenvalue weighted by atomic mass is 35.5. The Balaban J connectivity index is 2.16. The van der Waals surface area contributed by atoms with Gasteiger partial charge in [0, 0.05) is 0 Å². The highest BCUT2D eigenvalue weighted by Crippen LogP contribution is 2.23. The summed E-state index contributed by atoms with van der Waals surface area (Å²) in [5, 5.41) is 7.43. The molecule has 0 spiro atoms. The van der Waals surface area contributed by atoms with E-state index < -0.39 is 5.97 Å². The Morgan fingerprint density at radius 3 is 2.61 bits per heavy atom. The van der Waals surface area contributed by atoms with Crippen LogP contribution in [0.15, 0.2) is 18.2 Å². The number of carbonyl (C=O) groups excluding carboxylic acids is 2. The van der Waals surface area contributed by atoms with Crippen LogP contribution in [-0.2, 0) is 16.1 Å². The fourth-order valence-corrected chi connectivity index (χ4v) is 2.58. The molecule has 7 heteroatoms. The summed E-state index contributed by atoms with van der Waals surface area (Å²) in [6.45, 7) is 5.32. The molecule has 0 fully saturated rings. The first-order valence-corrected chi connectivity index (χ1v) is 7.39. The zero-order chi connectivity index (χ0) is 17.1. The molecule has 0 atom stereocenters. The van der Waals surface area contributed by atoms with E-state index in [1.54, 1.807) is 26.0 Å². The normalized spacial score (nSPS) is 10.5. The van der Waals surface area contributed by atoms with Gasteiger partial charge in [0.1, 0.15) is 12.1 Å². The van der Waals surface area contributed by atoms with Gasteiger partial charge in [-0.15, -0.1) is 0 Å². The van der Waals surface area contributed by atoms with Crippen LogP contribution in [0.5, 0.6) is 0 Å². The van der Waals surface area contributed by atoms with Crippen molar-refractivity contribution in [2.45, 2.75) is 27.3 Å². The van der Waals surface area contributed by atoms with Crippen molar-refractivity contribution in [3.8, 4) is 0 Å². The standard InChI is InChI=1S/C16H18ClN3O3/c1-9-5-6-13(12(17)7-9)18-14(21)8-20-11(3)15(10(2)19-20)16(22)23-4/h5-7H,8H2,1-4H3,(H,18,21). The van der Waals surface area contributed by atoms with Crippen molar-refractivity contribution >= 4 is 29.2 Å². The van der Waals surface area contributed by atoms with Gasteiger partial charge in [-0.3, -0.25) is 9.48 Å². The Labute approximate surface area is 139 Å². The fourth-order valence-electron chi connectivity index (χ4n) is 2.30. The number of nitrogens with zero attached hydrogens (tertiary/aromatic N) is 2. The SMILES string of the molecule is COC(=O)c1c(C)nn(CC(=O)Nc2ccc(C)cc2Cl)c1C. The monoisotopic (exact) mass is 335 g/mol. The lowest BCUT2D eigenvalue weighted by atomic mass is 10.2. The van der Waals surface area contributed by atoms with Crippen LogP contribution >= 0.6 is 11.6 Å². The van der Waals surface area contributed by atoms with E-state index in [1.165, 1.54) is 11.8 Å². The summed E-state index contributed by atoms with van der Waals surface area (Å²) in [5.74, 6) is -0.744. The average molecular weight is 336 g/mol. The second kappa shape index (κ2) is 6.83. The predicted octanol–water partition coefficient (Wildman–Crippen LogP) is 2.89. The maximum atomic E-state index is 12.2. The maximum Gasteiger partial charge on any atom is 0.341 e. The number of methoxy groups -OCH3 is 1. The highest BCUT2D eigenvalue weighted by Gasteiger charge is 2.20. The molecule has 2 aromatic rings. The molecule has 23 heavy (non-hydrogen) atoms. The number of amides is 1. The van der Waals surface area contributed by atoms with E-state index in [0.29, 0.717) is 27.7 Å². The Kier molecular flexibility index (Phi) is 5.05. The topological polar surface area (TPSA) is 73.2 Å². The molecule has 0 aliphatic heterocycles. The van der Waals surface area contributed by atoms with Crippen LogP contribution in [0.4, 0.5) is 5.69 Å². The molecule has 1 aromatic heterocycles. The number of ether oxygens (including phenoxy) is 1. The first-order chi connectivity index (χ1) is 10.8. The Bertz CT molecular complexity index is 768. The van der Waals surface area contributed by atoms with Crippen molar-refractivity contribution < 1.29 is 14.3 Å². The smallest absolute Gasteiger partial charge is 0.341 e. The number of hydrogen-bond donors (Lipinski definition) is 1. The quantitative estimate of drug-likeness (QED) is 0.872. The van der Waals surface area contributed by atoms with Crippen LogP contribution in [0.1, 0.15) is 27.3 Å². The zero-order valence-corrected chi connectivity index (χ0v) is 14.2. The van der Waals surface area contributed by atoms with Crippen LogP contribution < -0.4 is 5.32 Å². The van der Waals surface area contributed by atoms with Gasteiger partial charge in [0.25, 0.3) is 0 Å². The van der Waals surface area contributed by atoms with E-state index in [4.69, 9.17) is 16.3 Å². The van der Waals surface area contributed by atoms with Gasteiger partial charge in [-0.05, 0) is 38.5 Å². The number of nitrogens with one attached hydrogen (secondary N) is 1. The van der Waals surface area contributed by atoms with E-state index in [-0.39, 0.29) is 12.5 Å². The molecule has 1 heterocycles. The third-order valence-corrected chi connectivity index (χ3v) is 3.78. The van der Waals surface area contributed by atoms with Gasteiger partial charge in [0.2, 0.25) is 5.91 Å². The molecule has 0 saturated heterocycles. The first-order valence-electron chi connectivity index (χ1n) is 7.01. The van der Waals surface area contributed by atoms with Gasteiger partial charge in [-0.2, -0.15) is 5.10 Å². The van der Waals surface area contributed by atoms with Gasteiger partial charge in [-0.25, -0.2) is 4.79 Å². The number of anilines is 1. The number of carbonyl (C=O) groups is 2. The molecule has 1 N–H and O–H groups in total. The molecule has 0 aliphatic rings. The van der Waals surface area contributed by atoms with Crippen molar-refractivity contribution in [3.63, 3.8) is 0 Å². The fraction of sp³-hybridized carbons (Fsp3) is 0.312. The van der Waals surface area contributed by atoms with Crippen molar-refractivity contribution in [2.24, 2.45) is 0 Å². The molecule has 2 rings (SSSR count). The summed E-state index contributed by atoms with van der Waals surface area (Å²) < 4.78 is 6.20. The molecule has 0 radical (unpaired) electrons. The van der Waals surface area contributed by atoms with E-state index in [9.17, 15) is 9.59 Å². The Morgan fingerprint density at radius 2 is 2.00 bits per heavy atom. The summed E-state index contributed by atoms with van der Waals surface area (Å²) in [5.41, 5.74) is 3.04. The summed E-state index contributed by atoms with van der Waals surface area (Å²) in [6, 6.07) is 5.38. The molecular weight excluding hydrogens is 318 g/mol. The van der Waals surface area contributed by atoms with E-state index in [2.05, 4.69) is 10.4 Å². The van der Waals surface area contributed by atoms with Gasteiger partial charge in [-0.1, -0.05) is 17.7 Å². The number of halogens is 1. The summed E-state index contributed by atoms with van der Waals surface area (Å²) in [4.78, 5) is 23.9. The number of rotatable bonds is 4. The van der Waals surface area contributed by atoms with Crippen molar-refractivity contribution in [1.29, 1.82) is 0 Å². The second-order valence-electron chi connectivity index (χ2n) is 5.23. The highest BCUT2D eigenvalue weighted by molar-refractivity contribution is 6.33. The lowest BCUT2D eigenvalue weighted by molar-refractivity contribution is -0.116. The molecule has 0 unspecified atom stereocenters. The lowest BCUT2D eigenvalue weighted by Crippen LogP contribution is -2.20. The van der Waals surface area contributed by atoms with Crippen molar-refractivity contribution in [1.82, 2.24) is 9.78 Å². The van der Waals surface area contributed by atoms with Crippen LogP contribution in [0, 0.1) is 20.8 Å². The largest absolute Gasteiger partial charge is 0.465 e. The van der Waals surface area contributed by atoms with E-state index in [0.717, 1.165) is 5.56 Å². The van der Waals surface area contributed by atoms with Gasteiger partial charge >= 0.3 is 5.97 Å². The molecule has 0 bridgehead atoms. The number of benzene rings is 1. The molecule has 1 amide bonds. The Morgan fingerprint density at radius 1 is 1.30 bits per heavy atom. The van der Waals surface area contributed by atoms with Crippen LogP contribution in [0.3, 0.4) is 0 Å². The zero-order valence-electron chi connectivity index (χ0n) is 13.4. The van der Waals surface area contributed by atoms with Gasteiger partial charge in [0.05, 0.1) is 29.2 Å². The number of aryl methyl sites for hydroxylation is 2. The number of esters is 1. The average Bonchev–Trinajstić information content (AvgIpc) is 2.75. The minimum Gasteiger partial charge on any atom is -0.465 e. The maximum absolute atomic E-state index is 12.2. The van der Waals surface area contributed by atoms with E-state index >= 15 is 0 Å². The van der Waals surface area contributed by atoms with Crippen molar-refractivity contribution in [2.75, 3.05) is 12.4 Å². The summed E-state index contributed by atoms with van der Waals surface area (Å²) in [6.07, 6.45) is 0. The van der Waals surface area contributed by atoms with Crippen LogP contribution in [0.25, 0.3) is 0 Å². The van der Waals surface area contributed by atoms with Crippen LogP contribution in [0.2, 0.25) is 5.02 Å². The third-order valence-electron chi connectivity index (χ3n) is 3.46. The molecule has 6 nitrogen and oxygen atoms in total. The minimum atomic E-state index is -0.465. The third kappa shape index (κ3) is 3.71. The molecule has 1 aromatic carbocycles. The van der Waals surface area contributed by atoms with E-state index in [1.807, 2.05) is 13.0 Å². The Hall–Kier alpha value is -2.34. The summed E-state index contributed by atoms with van der Waals surface area (Å²) >= 11 is 6.10. The first kappa shape index (κ1) is 17.0. The van der Waals surface area contributed by atoms with Gasteiger partial charge < -0.3 is 10.1 Å². The minimum absolute atomic E-state index is 0.0200. The number of hydrogen-bond acceptors (Lipinski definition) is 4. The predicted molar refractivity (Wildman–Crippen MR) is 87.9 cm³/mol. The molecule has 0 saturated carbocycles. The summed E-state index contributed by atoms with van der Waals surface area (Å²) in [7, 11) is 1.31. The molecular formula is C16H18ClN3O3. The molecule has 122 valence electrons. The van der Waals surface area contributed by atoms with Crippen molar-refractivity contribution in [3.05, 3.63) is 45.7 Å². The second-order valence-corrected chi connectivity index (χ2v) is 5.63. The lowest BCUT2D eigenvalue weighted by Gasteiger charge is -2.09. The molecule has 0 aliphatic carbocycles. The number of aromatic nitrogens is 2.